The van der Waals surface area contributed by atoms with E-state index in [0.717, 1.165) is 0 Å². The van der Waals surface area contributed by atoms with Crippen molar-refractivity contribution in [2.24, 2.45) is 7.05 Å². The summed E-state index contributed by atoms with van der Waals surface area (Å²) in [6, 6.07) is 0. The highest BCUT2D eigenvalue weighted by atomic mass is 16.6. The lowest BCUT2D eigenvalue weighted by molar-refractivity contribution is -0.448. The minimum atomic E-state index is -0.599. The topological polar surface area (TPSA) is 87.0 Å². The molecule has 0 saturated carbocycles. The number of nitrogens with zero attached hydrogens (tertiary/aromatic N) is 4. The summed E-state index contributed by atoms with van der Waals surface area (Å²) in [5, 5.41) is 21.4. The van der Waals surface area contributed by atoms with Crippen LogP contribution in [0.3, 0.4) is 0 Å². The number of rotatable bonds is 3. The average molecular weight is 198 g/mol. The van der Waals surface area contributed by atoms with Crippen molar-refractivity contribution in [2.75, 3.05) is 6.54 Å². The minimum Gasteiger partial charge on any atom is -0.624 e. The smallest absolute Gasteiger partial charge is 0.435 e. The molecular weight excluding hydrogens is 188 g/mol. The number of nitro groups is 1. The molecule has 0 fully saturated rings. The molecule has 0 aliphatic rings. The van der Waals surface area contributed by atoms with Crippen LogP contribution in [0.25, 0.3) is 0 Å². The Hall–Kier alpha value is -1.92. The number of hydrogen-bond acceptors (Lipinski definition) is 4. The van der Waals surface area contributed by atoms with E-state index < -0.39 is 4.92 Å². The summed E-state index contributed by atoms with van der Waals surface area (Å²) in [5.74, 6) is -0.277. The van der Waals surface area contributed by atoms with Gasteiger partial charge in [0.15, 0.2) is 12.7 Å². The van der Waals surface area contributed by atoms with Gasteiger partial charge in [-0.1, -0.05) is 4.98 Å². The maximum Gasteiger partial charge on any atom is 0.435 e. The van der Waals surface area contributed by atoms with E-state index in [2.05, 4.69) is 4.98 Å². The Kier molecular flexibility index (Phi) is 2.80. The van der Waals surface area contributed by atoms with E-state index >= 15 is 0 Å². The third-order valence-electron chi connectivity index (χ3n) is 1.75. The maximum atomic E-state index is 11.0. The highest BCUT2D eigenvalue weighted by molar-refractivity contribution is 5.73. The zero-order valence-corrected chi connectivity index (χ0v) is 7.88. The van der Waals surface area contributed by atoms with Gasteiger partial charge < -0.3 is 15.3 Å². The predicted octanol–water partition coefficient (Wildman–Crippen LogP) is 0.277. The van der Waals surface area contributed by atoms with Crippen LogP contribution in [0.1, 0.15) is 12.6 Å². The summed E-state index contributed by atoms with van der Waals surface area (Å²) in [4.78, 5) is 13.4. The largest absolute Gasteiger partial charge is 0.624 e. The lowest BCUT2D eigenvalue weighted by Gasteiger charge is -1.98. The first kappa shape index (κ1) is 10.2. The van der Waals surface area contributed by atoms with Gasteiger partial charge in [-0.25, -0.2) is 9.31 Å². The number of hydrogen-bond donors (Lipinski definition) is 0. The fourth-order valence-corrected chi connectivity index (χ4v) is 0.941. The third-order valence-corrected chi connectivity index (χ3v) is 1.75. The SMILES string of the molecule is CC[N+]([O-])=Cc1cnc([N+](=O)[O-])n1C. The monoisotopic (exact) mass is 198 g/mol. The zero-order valence-electron chi connectivity index (χ0n) is 7.88. The quantitative estimate of drug-likeness (QED) is 0.229. The third kappa shape index (κ3) is 1.87. The molecule has 76 valence electrons. The Morgan fingerprint density at radius 2 is 2.29 bits per heavy atom. The van der Waals surface area contributed by atoms with Crippen LogP contribution in [0.15, 0.2) is 6.20 Å². The Labute approximate surface area is 80.0 Å². The number of aromatic nitrogens is 2. The fraction of sp³-hybridized carbons (Fsp3) is 0.429. The first-order valence-electron chi connectivity index (χ1n) is 4.01. The molecule has 0 bridgehead atoms. The van der Waals surface area contributed by atoms with Crippen LogP contribution in [0.4, 0.5) is 5.95 Å². The summed E-state index contributed by atoms with van der Waals surface area (Å²) < 4.78 is 1.93. The molecule has 14 heavy (non-hydrogen) atoms. The van der Waals surface area contributed by atoms with Gasteiger partial charge in [-0.15, -0.1) is 0 Å². The normalized spacial score (nSPS) is 11.7. The molecule has 1 aromatic heterocycles. The second-order valence-electron chi connectivity index (χ2n) is 2.66. The van der Waals surface area contributed by atoms with Gasteiger partial charge in [0.2, 0.25) is 11.9 Å². The molecule has 0 spiro atoms. The molecule has 0 atom stereocenters. The molecule has 0 aliphatic carbocycles. The Balaban J connectivity index is 3.07. The van der Waals surface area contributed by atoms with E-state index in [4.69, 9.17) is 0 Å². The van der Waals surface area contributed by atoms with Crippen LogP contribution < -0.4 is 0 Å². The van der Waals surface area contributed by atoms with E-state index in [0.29, 0.717) is 17.0 Å². The maximum absolute atomic E-state index is 11.0. The van der Waals surface area contributed by atoms with E-state index in [1.54, 1.807) is 6.92 Å². The van der Waals surface area contributed by atoms with Crippen molar-refractivity contribution in [1.29, 1.82) is 0 Å². The lowest BCUT2D eigenvalue weighted by atomic mass is 10.5. The molecule has 0 unspecified atom stereocenters. The first-order valence-corrected chi connectivity index (χ1v) is 4.01. The number of imidazole rings is 1. The van der Waals surface area contributed by atoms with Crippen molar-refractivity contribution in [2.45, 2.75) is 6.92 Å². The molecule has 0 saturated heterocycles. The molecule has 0 aliphatic heterocycles. The molecule has 7 heteroatoms. The predicted molar refractivity (Wildman–Crippen MR) is 49.2 cm³/mol. The summed E-state index contributed by atoms with van der Waals surface area (Å²) in [5.41, 5.74) is 0.411. The van der Waals surface area contributed by atoms with Crippen molar-refractivity contribution in [1.82, 2.24) is 9.55 Å². The highest BCUT2D eigenvalue weighted by Gasteiger charge is 2.17. The molecule has 1 aromatic rings. The fourth-order valence-electron chi connectivity index (χ4n) is 0.941. The second-order valence-corrected chi connectivity index (χ2v) is 2.66. The number of hydroxylamine groups is 1. The van der Waals surface area contributed by atoms with Gasteiger partial charge in [-0.05, 0) is 11.8 Å². The van der Waals surface area contributed by atoms with E-state index in [9.17, 15) is 15.3 Å². The van der Waals surface area contributed by atoms with Gasteiger partial charge in [-0.3, -0.25) is 0 Å². The van der Waals surface area contributed by atoms with Crippen LogP contribution in [0.5, 0.6) is 0 Å². The van der Waals surface area contributed by atoms with E-state index in [1.807, 2.05) is 0 Å². The standard InChI is InChI=1S/C7H10N4O3/c1-3-10(12)5-6-4-8-7(9(6)2)11(13)14/h4-5H,3H2,1-2H3. The molecule has 0 amide bonds. The van der Waals surface area contributed by atoms with Gasteiger partial charge in [0.05, 0.1) is 7.05 Å². The molecule has 0 aromatic carbocycles. The van der Waals surface area contributed by atoms with Crippen LogP contribution in [0, 0.1) is 15.3 Å². The van der Waals surface area contributed by atoms with Crippen LogP contribution in [-0.2, 0) is 7.05 Å². The van der Waals surface area contributed by atoms with Crippen LogP contribution in [-0.4, -0.2) is 32.0 Å². The summed E-state index contributed by atoms with van der Waals surface area (Å²) in [6.45, 7) is 1.98. The zero-order chi connectivity index (χ0) is 10.7. The first-order chi connectivity index (χ1) is 6.56. The Bertz CT molecular complexity index is 382. The highest BCUT2D eigenvalue weighted by Crippen LogP contribution is 2.08. The minimum absolute atomic E-state index is 0.277. The summed E-state index contributed by atoms with van der Waals surface area (Å²) >= 11 is 0. The summed E-state index contributed by atoms with van der Waals surface area (Å²) in [6.07, 6.45) is 2.55. The molecule has 1 rings (SSSR count). The van der Waals surface area contributed by atoms with Crippen molar-refractivity contribution >= 4 is 12.2 Å². The van der Waals surface area contributed by atoms with Crippen LogP contribution in [0.2, 0.25) is 0 Å². The molecular formula is C7H10N4O3. The molecule has 0 radical (unpaired) electrons. The molecule has 1 heterocycles. The summed E-state index contributed by atoms with van der Waals surface area (Å²) in [7, 11) is 1.49. The van der Waals surface area contributed by atoms with Gasteiger partial charge in [0.25, 0.3) is 0 Å². The lowest BCUT2D eigenvalue weighted by Crippen LogP contribution is -2.08. The van der Waals surface area contributed by atoms with E-state index in [-0.39, 0.29) is 5.95 Å². The van der Waals surface area contributed by atoms with E-state index in [1.165, 1.54) is 24.0 Å². The van der Waals surface area contributed by atoms with Gasteiger partial charge >= 0.3 is 5.95 Å². The van der Waals surface area contributed by atoms with Gasteiger partial charge in [-0.2, -0.15) is 0 Å². The second kappa shape index (κ2) is 3.86. The van der Waals surface area contributed by atoms with Crippen molar-refractivity contribution in [3.63, 3.8) is 0 Å². The average Bonchev–Trinajstić information content (AvgIpc) is 2.48. The Morgan fingerprint density at radius 1 is 1.64 bits per heavy atom. The molecule has 0 N–H and O–H groups in total. The van der Waals surface area contributed by atoms with Gasteiger partial charge in [0.1, 0.15) is 0 Å². The van der Waals surface area contributed by atoms with Crippen molar-refractivity contribution < 1.29 is 9.66 Å². The van der Waals surface area contributed by atoms with Gasteiger partial charge in [0, 0.05) is 0 Å². The Morgan fingerprint density at radius 3 is 2.71 bits per heavy atom. The molecule has 7 nitrogen and oxygen atoms in total. The van der Waals surface area contributed by atoms with Crippen LogP contribution >= 0.6 is 0 Å². The van der Waals surface area contributed by atoms with Crippen molar-refractivity contribution in [3.8, 4) is 0 Å². The van der Waals surface area contributed by atoms with Crippen molar-refractivity contribution in [3.05, 3.63) is 27.2 Å².